The molecule has 1 atom stereocenters. The van der Waals surface area contributed by atoms with E-state index in [1.54, 1.807) is 12.1 Å². The van der Waals surface area contributed by atoms with Gasteiger partial charge in [0.05, 0.1) is 4.47 Å². The topological polar surface area (TPSA) is 101 Å². The summed E-state index contributed by atoms with van der Waals surface area (Å²) in [5, 5.41) is 25.6. The minimum absolute atomic E-state index is 0.187. The second kappa shape index (κ2) is 11.1. The number of halogens is 1. The summed E-state index contributed by atoms with van der Waals surface area (Å²) in [7, 11) is 0. The Kier molecular flexibility index (Phi) is 8.81. The first-order chi connectivity index (χ1) is 13.7. The predicted molar refractivity (Wildman–Crippen MR) is 118 cm³/mol. The van der Waals surface area contributed by atoms with E-state index >= 15 is 0 Å². The van der Waals surface area contributed by atoms with Gasteiger partial charge >= 0.3 is 0 Å². The molecule has 0 bridgehead atoms. The highest BCUT2D eigenvalue weighted by Gasteiger charge is 2.20. The molecular weight excluding hydrogens is 438 g/mol. The third-order valence-corrected chi connectivity index (χ3v) is 4.35. The number of anilines is 1. The Morgan fingerprint density at radius 1 is 1.17 bits per heavy atom. The average Bonchev–Trinajstić information content (AvgIpc) is 2.69. The number of β-amino-alcohol motifs (C(OH)–C–C–N with tert-alkyl or cyclic N) is 1. The smallest absolute Gasteiger partial charge is 0.233 e. The second-order valence-corrected chi connectivity index (χ2v) is 8.23. The molecule has 3 N–H and O–H groups in total. The molecule has 0 saturated heterocycles. The van der Waals surface area contributed by atoms with E-state index in [1.165, 1.54) is 0 Å². The number of hydrogen-bond acceptors (Lipinski definition) is 8. The first-order valence-corrected chi connectivity index (χ1v) is 10.1. The molecule has 158 valence electrons. The zero-order chi connectivity index (χ0) is 21.3. The van der Waals surface area contributed by atoms with Crippen LogP contribution < -0.4 is 20.2 Å². The summed E-state index contributed by atoms with van der Waals surface area (Å²) in [5.74, 6) is 1.66. The fourth-order valence-corrected chi connectivity index (χ4v) is 2.53. The van der Waals surface area contributed by atoms with Gasteiger partial charge in [-0.1, -0.05) is 12.1 Å². The number of para-hydroxylation sites is 1. The molecule has 2 rings (SSSR count). The summed E-state index contributed by atoms with van der Waals surface area (Å²) in [6.45, 7) is 8.65. The molecule has 9 heteroatoms. The molecule has 0 aliphatic rings. The molecule has 1 unspecified atom stereocenters. The van der Waals surface area contributed by atoms with Crippen LogP contribution in [0.3, 0.4) is 0 Å². The van der Waals surface area contributed by atoms with Crippen LogP contribution in [0.4, 0.5) is 5.82 Å². The van der Waals surface area contributed by atoms with Crippen molar-refractivity contribution in [3.05, 3.63) is 40.9 Å². The van der Waals surface area contributed by atoms with Crippen LogP contribution in [-0.2, 0) is 0 Å². The van der Waals surface area contributed by atoms with Gasteiger partial charge in [0.1, 0.15) is 25.1 Å². The summed E-state index contributed by atoms with van der Waals surface area (Å²) in [6, 6.07) is 11.0. The van der Waals surface area contributed by atoms with Gasteiger partial charge in [-0.25, -0.2) is 0 Å². The van der Waals surface area contributed by atoms with Gasteiger partial charge in [0.25, 0.3) is 0 Å². The van der Waals surface area contributed by atoms with Crippen molar-refractivity contribution < 1.29 is 14.6 Å². The number of hydrazone groups is 1. The van der Waals surface area contributed by atoms with Crippen LogP contribution in [0.15, 0.2) is 46.0 Å². The number of ether oxygens (including phenoxy) is 2. The third kappa shape index (κ3) is 8.76. The number of benzene rings is 1. The molecule has 0 spiro atoms. The van der Waals surface area contributed by atoms with Gasteiger partial charge in [0.2, 0.25) is 5.88 Å². The molecule has 1 heterocycles. The van der Waals surface area contributed by atoms with E-state index in [1.807, 2.05) is 52.0 Å². The second-order valence-electron chi connectivity index (χ2n) is 7.38. The van der Waals surface area contributed by atoms with E-state index in [0.717, 1.165) is 10.2 Å². The summed E-state index contributed by atoms with van der Waals surface area (Å²) in [6.07, 6.45) is -0.658. The van der Waals surface area contributed by atoms with Crippen LogP contribution in [0.2, 0.25) is 0 Å². The largest absolute Gasteiger partial charge is 0.490 e. The predicted octanol–water partition coefficient (Wildman–Crippen LogP) is 3.23. The Morgan fingerprint density at radius 2 is 1.93 bits per heavy atom. The van der Waals surface area contributed by atoms with Crippen molar-refractivity contribution in [2.75, 3.05) is 25.2 Å². The van der Waals surface area contributed by atoms with Gasteiger partial charge in [-0.05, 0) is 61.8 Å². The molecule has 0 fully saturated rings. The highest BCUT2D eigenvalue weighted by Crippen LogP contribution is 2.23. The zero-order valence-corrected chi connectivity index (χ0v) is 18.7. The van der Waals surface area contributed by atoms with Crippen molar-refractivity contribution in [2.24, 2.45) is 5.10 Å². The van der Waals surface area contributed by atoms with E-state index in [2.05, 4.69) is 42.0 Å². The van der Waals surface area contributed by atoms with Crippen molar-refractivity contribution in [3.8, 4) is 11.6 Å². The molecule has 0 aliphatic heterocycles. The van der Waals surface area contributed by atoms with Gasteiger partial charge in [0, 0.05) is 23.9 Å². The molecule has 29 heavy (non-hydrogen) atoms. The number of aromatic nitrogens is 2. The quantitative estimate of drug-likeness (QED) is 0.345. The Labute approximate surface area is 179 Å². The van der Waals surface area contributed by atoms with Crippen LogP contribution in [0.25, 0.3) is 0 Å². The lowest BCUT2D eigenvalue weighted by Crippen LogP contribution is -2.48. The van der Waals surface area contributed by atoms with E-state index in [9.17, 15) is 5.11 Å². The monoisotopic (exact) mass is 465 g/mol. The van der Waals surface area contributed by atoms with Crippen molar-refractivity contribution in [1.29, 1.82) is 0 Å². The Hall–Kier alpha value is -2.23. The average molecular weight is 466 g/mol. The lowest BCUT2D eigenvalue weighted by Gasteiger charge is -2.27. The number of aliphatic hydroxyl groups is 1. The standard InChI is InChI=1S/C20H28BrN5O3/c1-14(2)23-24-18-9-10-19(26-25-18)29-13-20(3,4)22-11-15(27)12-28-17-8-6-5-7-16(17)21/h5-10,15,22,27H,11-13H2,1-4H3,(H,24,25). The molecule has 1 aromatic carbocycles. The van der Waals surface area contributed by atoms with Crippen molar-refractivity contribution in [1.82, 2.24) is 15.5 Å². The number of nitrogens with zero attached hydrogens (tertiary/aromatic N) is 3. The molecule has 0 radical (unpaired) electrons. The normalized spacial score (nSPS) is 12.2. The third-order valence-electron chi connectivity index (χ3n) is 3.70. The molecule has 0 aliphatic carbocycles. The highest BCUT2D eigenvalue weighted by atomic mass is 79.9. The van der Waals surface area contributed by atoms with Crippen LogP contribution in [0, 0.1) is 0 Å². The van der Waals surface area contributed by atoms with E-state index in [4.69, 9.17) is 9.47 Å². The first kappa shape index (κ1) is 23.1. The minimum Gasteiger partial charge on any atom is -0.490 e. The molecule has 8 nitrogen and oxygen atoms in total. The maximum Gasteiger partial charge on any atom is 0.233 e. The van der Waals surface area contributed by atoms with E-state index in [0.29, 0.717) is 30.6 Å². The molecule has 0 amide bonds. The number of nitrogens with one attached hydrogen (secondary N) is 2. The SMILES string of the molecule is CC(C)=NNc1ccc(OCC(C)(C)NCC(O)COc2ccccc2Br)nn1. The van der Waals surface area contributed by atoms with Crippen molar-refractivity contribution in [3.63, 3.8) is 0 Å². The fraction of sp³-hybridized carbons (Fsp3) is 0.450. The van der Waals surface area contributed by atoms with Crippen LogP contribution in [0.5, 0.6) is 11.6 Å². The van der Waals surface area contributed by atoms with Gasteiger partial charge in [-0.2, -0.15) is 5.10 Å². The van der Waals surface area contributed by atoms with Gasteiger partial charge in [-0.15, -0.1) is 10.2 Å². The fourth-order valence-electron chi connectivity index (χ4n) is 2.13. The summed E-state index contributed by atoms with van der Waals surface area (Å²) < 4.78 is 12.2. The molecular formula is C20H28BrN5O3. The van der Waals surface area contributed by atoms with Gasteiger partial charge in [-0.3, -0.25) is 5.43 Å². The van der Waals surface area contributed by atoms with Crippen LogP contribution >= 0.6 is 15.9 Å². The lowest BCUT2D eigenvalue weighted by molar-refractivity contribution is 0.0920. The van der Waals surface area contributed by atoms with Crippen molar-refractivity contribution in [2.45, 2.75) is 39.3 Å². The minimum atomic E-state index is -0.658. The van der Waals surface area contributed by atoms with Crippen LogP contribution in [-0.4, -0.2) is 52.4 Å². The maximum atomic E-state index is 10.2. The Balaban J connectivity index is 1.73. The number of hydrogen-bond donors (Lipinski definition) is 3. The summed E-state index contributed by atoms with van der Waals surface area (Å²) >= 11 is 3.42. The zero-order valence-electron chi connectivity index (χ0n) is 17.1. The number of aliphatic hydroxyl groups excluding tert-OH is 1. The Bertz CT molecular complexity index is 795. The number of rotatable bonds is 11. The van der Waals surface area contributed by atoms with E-state index in [-0.39, 0.29) is 12.1 Å². The lowest BCUT2D eigenvalue weighted by atomic mass is 10.1. The maximum absolute atomic E-state index is 10.2. The van der Waals surface area contributed by atoms with E-state index < -0.39 is 6.10 Å². The first-order valence-electron chi connectivity index (χ1n) is 9.29. The van der Waals surface area contributed by atoms with Gasteiger partial charge in [0.15, 0.2) is 5.82 Å². The Morgan fingerprint density at radius 3 is 2.59 bits per heavy atom. The molecule has 2 aromatic rings. The summed E-state index contributed by atoms with van der Waals surface area (Å²) in [5.41, 5.74) is 3.32. The molecule has 1 aromatic heterocycles. The van der Waals surface area contributed by atoms with Crippen LogP contribution in [0.1, 0.15) is 27.7 Å². The summed E-state index contributed by atoms with van der Waals surface area (Å²) in [4.78, 5) is 0. The van der Waals surface area contributed by atoms with Crippen molar-refractivity contribution >= 4 is 27.5 Å². The highest BCUT2D eigenvalue weighted by molar-refractivity contribution is 9.10. The molecule has 0 saturated carbocycles. The van der Waals surface area contributed by atoms with Gasteiger partial charge < -0.3 is 19.9 Å².